The van der Waals surface area contributed by atoms with Gasteiger partial charge in [-0.2, -0.15) is 0 Å². The molecule has 6 heteroatoms. The van der Waals surface area contributed by atoms with E-state index in [9.17, 15) is 4.79 Å². The fourth-order valence-electron chi connectivity index (χ4n) is 1.57. The van der Waals surface area contributed by atoms with Crippen molar-refractivity contribution >= 4 is 35.8 Å². The molecule has 1 unspecified atom stereocenters. The normalized spacial score (nSPS) is 12.6. The van der Waals surface area contributed by atoms with E-state index in [1.54, 1.807) is 19.0 Å². The molecule has 0 aliphatic rings. The topological polar surface area (TPSA) is 56.7 Å². The van der Waals surface area contributed by atoms with Crippen molar-refractivity contribution in [1.82, 2.24) is 15.5 Å². The molecule has 0 saturated heterocycles. The number of likely N-dealkylation sites (N-methyl/N-ethyl adjacent to an activating group) is 1. The van der Waals surface area contributed by atoms with Crippen LogP contribution in [0.2, 0.25) is 0 Å². The van der Waals surface area contributed by atoms with Gasteiger partial charge in [-0.15, -0.1) is 24.0 Å². The summed E-state index contributed by atoms with van der Waals surface area (Å²) in [5, 5.41) is 6.62. The molecule has 21 heavy (non-hydrogen) atoms. The van der Waals surface area contributed by atoms with Gasteiger partial charge in [-0.1, -0.05) is 20.8 Å². The molecule has 0 radical (unpaired) electrons. The summed E-state index contributed by atoms with van der Waals surface area (Å²) in [6.07, 6.45) is 3.32. The van der Waals surface area contributed by atoms with Crippen LogP contribution in [0, 0.1) is 5.92 Å². The molecule has 5 nitrogen and oxygen atoms in total. The molecule has 0 aliphatic carbocycles. The van der Waals surface area contributed by atoms with E-state index in [-0.39, 0.29) is 36.4 Å². The van der Waals surface area contributed by atoms with Crippen LogP contribution in [0.5, 0.6) is 0 Å². The fraction of sp³-hybridized carbons (Fsp3) is 0.867. The number of halogens is 1. The van der Waals surface area contributed by atoms with Crippen molar-refractivity contribution in [3.05, 3.63) is 0 Å². The molecule has 0 saturated carbocycles. The van der Waals surface area contributed by atoms with Gasteiger partial charge in [0, 0.05) is 26.7 Å². The van der Waals surface area contributed by atoms with Gasteiger partial charge in [0.2, 0.25) is 5.91 Å². The molecule has 0 rings (SSSR count). The highest BCUT2D eigenvalue weighted by Gasteiger charge is 2.08. The van der Waals surface area contributed by atoms with Crippen molar-refractivity contribution in [2.75, 3.05) is 27.2 Å². The van der Waals surface area contributed by atoms with Gasteiger partial charge < -0.3 is 15.5 Å². The summed E-state index contributed by atoms with van der Waals surface area (Å²) in [6, 6.07) is 0.356. The first kappa shape index (κ1) is 22.7. The summed E-state index contributed by atoms with van der Waals surface area (Å²) >= 11 is 0. The Labute approximate surface area is 147 Å². The maximum atomic E-state index is 11.6. The van der Waals surface area contributed by atoms with E-state index in [1.165, 1.54) is 6.42 Å². The third-order valence-corrected chi connectivity index (χ3v) is 2.97. The van der Waals surface area contributed by atoms with Crippen LogP contribution in [0.4, 0.5) is 0 Å². The van der Waals surface area contributed by atoms with Crippen molar-refractivity contribution in [3.8, 4) is 0 Å². The lowest BCUT2D eigenvalue weighted by Crippen LogP contribution is -2.43. The standard InChI is InChI=1S/C15H32N4O.HI/c1-7-10-16-15(17-11-14(20)19(5)6)18-13(4)9-8-12(2)3;/h12-13H,7-11H2,1-6H3,(H2,16,17,18);1H. The zero-order chi connectivity index (χ0) is 15.5. The summed E-state index contributed by atoms with van der Waals surface area (Å²) in [4.78, 5) is 17.5. The highest BCUT2D eigenvalue weighted by Crippen LogP contribution is 2.06. The maximum Gasteiger partial charge on any atom is 0.243 e. The minimum Gasteiger partial charge on any atom is -0.356 e. The fourth-order valence-corrected chi connectivity index (χ4v) is 1.57. The third-order valence-electron chi connectivity index (χ3n) is 2.97. The van der Waals surface area contributed by atoms with Gasteiger partial charge in [0.05, 0.1) is 0 Å². The van der Waals surface area contributed by atoms with E-state index < -0.39 is 0 Å². The second-order valence-electron chi connectivity index (χ2n) is 5.90. The Kier molecular flexibility index (Phi) is 14.2. The van der Waals surface area contributed by atoms with E-state index in [2.05, 4.69) is 43.3 Å². The molecule has 0 aromatic heterocycles. The summed E-state index contributed by atoms with van der Waals surface area (Å²) in [7, 11) is 3.49. The van der Waals surface area contributed by atoms with Gasteiger partial charge in [0.1, 0.15) is 6.54 Å². The number of hydrogen-bond donors (Lipinski definition) is 2. The van der Waals surface area contributed by atoms with Crippen molar-refractivity contribution in [2.45, 2.75) is 53.0 Å². The van der Waals surface area contributed by atoms with Crippen LogP contribution in [0.25, 0.3) is 0 Å². The largest absolute Gasteiger partial charge is 0.356 e. The Morgan fingerprint density at radius 1 is 1.19 bits per heavy atom. The van der Waals surface area contributed by atoms with E-state index in [1.807, 2.05) is 0 Å². The Hall–Kier alpha value is -0.530. The number of hydrogen-bond acceptors (Lipinski definition) is 2. The molecule has 2 N–H and O–H groups in total. The average molecular weight is 412 g/mol. The highest BCUT2D eigenvalue weighted by molar-refractivity contribution is 14.0. The second kappa shape index (κ2) is 13.2. The highest BCUT2D eigenvalue weighted by atomic mass is 127. The van der Waals surface area contributed by atoms with Gasteiger partial charge in [0.15, 0.2) is 5.96 Å². The van der Waals surface area contributed by atoms with Gasteiger partial charge in [-0.3, -0.25) is 4.79 Å². The number of nitrogens with zero attached hydrogens (tertiary/aromatic N) is 2. The number of rotatable bonds is 8. The SMILES string of the molecule is CCCNC(=NCC(=O)N(C)C)NC(C)CCC(C)C.I. The van der Waals surface area contributed by atoms with Crippen molar-refractivity contribution in [2.24, 2.45) is 10.9 Å². The molecule has 0 aliphatic heterocycles. The van der Waals surface area contributed by atoms with Crippen LogP contribution >= 0.6 is 24.0 Å². The number of aliphatic imine (C=N–C) groups is 1. The van der Waals surface area contributed by atoms with Crippen LogP contribution in [0.1, 0.15) is 47.0 Å². The van der Waals surface area contributed by atoms with Crippen LogP contribution < -0.4 is 10.6 Å². The molecule has 0 aromatic rings. The minimum atomic E-state index is 0. The van der Waals surface area contributed by atoms with E-state index in [4.69, 9.17) is 0 Å². The lowest BCUT2D eigenvalue weighted by molar-refractivity contribution is -0.127. The summed E-state index contributed by atoms with van der Waals surface area (Å²) in [5.41, 5.74) is 0. The van der Waals surface area contributed by atoms with Gasteiger partial charge in [-0.25, -0.2) is 4.99 Å². The first-order valence-electron chi connectivity index (χ1n) is 7.61. The molecule has 0 heterocycles. The minimum absolute atomic E-state index is 0. The van der Waals surface area contributed by atoms with Gasteiger partial charge >= 0.3 is 0 Å². The molecular formula is C15H33IN4O. The van der Waals surface area contributed by atoms with E-state index in [0.29, 0.717) is 12.0 Å². The number of nitrogens with one attached hydrogen (secondary N) is 2. The smallest absolute Gasteiger partial charge is 0.243 e. The van der Waals surface area contributed by atoms with E-state index >= 15 is 0 Å². The number of guanidine groups is 1. The lowest BCUT2D eigenvalue weighted by Gasteiger charge is -2.19. The van der Waals surface area contributed by atoms with E-state index in [0.717, 1.165) is 25.3 Å². The Morgan fingerprint density at radius 3 is 2.29 bits per heavy atom. The summed E-state index contributed by atoms with van der Waals surface area (Å²) < 4.78 is 0. The molecule has 126 valence electrons. The molecule has 1 amide bonds. The van der Waals surface area contributed by atoms with Crippen LogP contribution in [0.15, 0.2) is 4.99 Å². The van der Waals surface area contributed by atoms with Crippen LogP contribution in [-0.4, -0.2) is 50.0 Å². The Balaban J connectivity index is 0. The molecule has 0 aromatic carbocycles. The summed E-state index contributed by atoms with van der Waals surface area (Å²) in [5.74, 6) is 1.45. The zero-order valence-electron chi connectivity index (χ0n) is 14.4. The average Bonchev–Trinajstić information content (AvgIpc) is 2.38. The number of carbonyl (C=O) groups is 1. The van der Waals surface area contributed by atoms with Crippen molar-refractivity contribution < 1.29 is 4.79 Å². The third kappa shape index (κ3) is 12.9. The van der Waals surface area contributed by atoms with Crippen molar-refractivity contribution in [3.63, 3.8) is 0 Å². The number of carbonyl (C=O) groups excluding carboxylic acids is 1. The first-order chi connectivity index (χ1) is 9.36. The zero-order valence-corrected chi connectivity index (χ0v) is 16.7. The molecular weight excluding hydrogens is 379 g/mol. The van der Waals surface area contributed by atoms with Crippen LogP contribution in [0.3, 0.4) is 0 Å². The van der Waals surface area contributed by atoms with Gasteiger partial charge in [-0.05, 0) is 32.1 Å². The van der Waals surface area contributed by atoms with Crippen molar-refractivity contribution in [1.29, 1.82) is 0 Å². The summed E-state index contributed by atoms with van der Waals surface area (Å²) in [6.45, 7) is 9.76. The van der Waals surface area contributed by atoms with Gasteiger partial charge in [0.25, 0.3) is 0 Å². The molecule has 0 bridgehead atoms. The first-order valence-corrected chi connectivity index (χ1v) is 7.61. The molecule has 0 spiro atoms. The monoisotopic (exact) mass is 412 g/mol. The molecule has 0 fully saturated rings. The predicted molar refractivity (Wildman–Crippen MR) is 101 cm³/mol. The predicted octanol–water partition coefficient (Wildman–Crippen LogP) is 2.46. The quantitative estimate of drug-likeness (QED) is 0.366. The lowest BCUT2D eigenvalue weighted by atomic mass is 10.0. The Bertz CT molecular complexity index is 306. The second-order valence-corrected chi connectivity index (χ2v) is 5.90. The number of amides is 1. The Morgan fingerprint density at radius 2 is 1.81 bits per heavy atom. The van der Waals surface area contributed by atoms with Crippen LogP contribution in [-0.2, 0) is 4.79 Å². The maximum absolute atomic E-state index is 11.6. The molecule has 1 atom stereocenters.